The molecule has 1 aliphatic heterocycles. The van der Waals surface area contributed by atoms with Crippen LogP contribution in [0.2, 0.25) is 0 Å². The van der Waals surface area contributed by atoms with E-state index < -0.39 is 16.1 Å². The zero-order valence-corrected chi connectivity index (χ0v) is 17.2. The van der Waals surface area contributed by atoms with E-state index in [1.807, 2.05) is 31.2 Å². The average Bonchev–Trinajstić information content (AvgIpc) is 2.70. The second kappa shape index (κ2) is 9.40. The number of non-ortho nitro benzene ring substituents is 1. The summed E-state index contributed by atoms with van der Waals surface area (Å²) in [7, 11) is 0. The molecular formula is C20H20N4O5S. The van der Waals surface area contributed by atoms with Crippen molar-refractivity contribution in [1.82, 2.24) is 5.32 Å². The Morgan fingerprint density at radius 3 is 2.73 bits per heavy atom. The summed E-state index contributed by atoms with van der Waals surface area (Å²) in [4.78, 5) is 39.7. The number of carbonyl (C=O) groups is 2. The smallest absolute Gasteiger partial charge is 0.273 e. The van der Waals surface area contributed by atoms with Gasteiger partial charge in [0.05, 0.1) is 29.0 Å². The van der Waals surface area contributed by atoms with Crippen LogP contribution in [0, 0.1) is 17.0 Å². The number of rotatable bonds is 6. The fourth-order valence-corrected chi connectivity index (χ4v) is 3.70. The molecule has 2 amide bonds. The zero-order chi connectivity index (χ0) is 21.7. The molecule has 1 heterocycles. The first kappa shape index (κ1) is 21.3. The van der Waals surface area contributed by atoms with Crippen LogP contribution >= 0.6 is 11.8 Å². The number of amides is 2. The molecule has 0 saturated carbocycles. The number of aliphatic imine (C=N–C) groups is 1. The van der Waals surface area contributed by atoms with Gasteiger partial charge in [0.1, 0.15) is 11.0 Å². The van der Waals surface area contributed by atoms with Crippen LogP contribution in [0.3, 0.4) is 0 Å². The molecule has 2 aromatic carbocycles. The highest BCUT2D eigenvalue weighted by Crippen LogP contribution is 2.31. The molecule has 1 fully saturated rings. The summed E-state index contributed by atoms with van der Waals surface area (Å²) in [5, 5.41) is 16.0. The minimum atomic E-state index is -0.701. The average molecular weight is 428 g/mol. The number of nitro groups is 1. The summed E-state index contributed by atoms with van der Waals surface area (Å²) < 4.78 is 5.42. The fourth-order valence-electron chi connectivity index (χ4n) is 2.70. The van der Waals surface area contributed by atoms with Gasteiger partial charge in [0.2, 0.25) is 11.8 Å². The van der Waals surface area contributed by atoms with Gasteiger partial charge in [-0.25, -0.2) is 4.99 Å². The maximum atomic E-state index is 12.8. The third-order valence-electron chi connectivity index (χ3n) is 4.16. The van der Waals surface area contributed by atoms with Crippen molar-refractivity contribution < 1.29 is 19.2 Å². The summed E-state index contributed by atoms with van der Waals surface area (Å²) in [5.74, 6) is -0.534. The van der Waals surface area contributed by atoms with Gasteiger partial charge in [-0.3, -0.25) is 19.7 Å². The summed E-state index contributed by atoms with van der Waals surface area (Å²) in [6.45, 7) is 3.97. The number of aryl methyl sites for hydroxylation is 1. The van der Waals surface area contributed by atoms with E-state index in [-0.39, 0.29) is 30.4 Å². The molecular weight excluding hydrogens is 408 g/mol. The maximum absolute atomic E-state index is 12.8. The van der Waals surface area contributed by atoms with Crippen molar-refractivity contribution in [3.63, 3.8) is 0 Å². The molecule has 1 atom stereocenters. The molecule has 0 aliphatic carbocycles. The minimum Gasteiger partial charge on any atom is -0.491 e. The Labute approximate surface area is 177 Å². The molecule has 3 rings (SSSR count). The molecule has 9 nitrogen and oxygen atoms in total. The number of nitrogens with one attached hydrogen (secondary N) is 2. The highest BCUT2D eigenvalue weighted by Gasteiger charge is 2.31. The molecule has 2 N–H and O–H groups in total. The number of benzene rings is 2. The SMILES string of the molecule is CCOc1cc([N+](=O)[O-])ccc1NC(=O)[C@@H]1CC(=O)NC(=Nc2ccc(C)cc2)S1. The standard InChI is InChI=1S/C20H20N4O5S/c1-3-29-16-10-14(24(27)28)8-9-15(16)22-19(26)17-11-18(25)23-20(30-17)21-13-6-4-12(2)5-7-13/h4-10,17H,3,11H2,1-2H3,(H,22,26)(H,21,23,25)/t17-/m0/s1. The molecule has 1 aliphatic rings. The summed E-state index contributed by atoms with van der Waals surface area (Å²) in [5.41, 5.74) is 1.91. The third-order valence-corrected chi connectivity index (χ3v) is 5.24. The number of amidine groups is 1. The van der Waals surface area contributed by atoms with Crippen LogP contribution in [-0.2, 0) is 9.59 Å². The summed E-state index contributed by atoms with van der Waals surface area (Å²) >= 11 is 1.15. The number of carbonyl (C=O) groups excluding carboxylic acids is 2. The number of thioether (sulfide) groups is 1. The number of hydrogen-bond donors (Lipinski definition) is 2. The molecule has 0 spiro atoms. The van der Waals surface area contributed by atoms with E-state index in [1.54, 1.807) is 6.92 Å². The van der Waals surface area contributed by atoms with Crippen molar-refractivity contribution in [3.8, 4) is 5.75 Å². The number of nitrogens with zero attached hydrogens (tertiary/aromatic N) is 2. The Hall–Kier alpha value is -3.40. The van der Waals surface area contributed by atoms with Gasteiger partial charge in [-0.2, -0.15) is 0 Å². The highest BCUT2D eigenvalue weighted by molar-refractivity contribution is 8.15. The number of nitro benzene ring substituents is 1. The van der Waals surface area contributed by atoms with Crippen molar-refractivity contribution in [2.45, 2.75) is 25.5 Å². The Balaban J connectivity index is 1.76. The van der Waals surface area contributed by atoms with Gasteiger partial charge in [0.15, 0.2) is 5.17 Å². The first-order valence-electron chi connectivity index (χ1n) is 9.19. The normalized spacial score (nSPS) is 17.3. The predicted molar refractivity (Wildman–Crippen MR) is 115 cm³/mol. The van der Waals surface area contributed by atoms with Gasteiger partial charge in [-0.1, -0.05) is 29.5 Å². The van der Waals surface area contributed by atoms with Crippen LogP contribution in [0.15, 0.2) is 47.5 Å². The van der Waals surface area contributed by atoms with E-state index in [9.17, 15) is 19.7 Å². The Morgan fingerprint density at radius 2 is 2.07 bits per heavy atom. The summed E-state index contributed by atoms with van der Waals surface area (Å²) in [6, 6.07) is 11.4. The van der Waals surface area contributed by atoms with Crippen molar-refractivity contribution in [1.29, 1.82) is 0 Å². The Bertz CT molecular complexity index is 1010. The second-order valence-corrected chi connectivity index (χ2v) is 7.66. The molecule has 0 radical (unpaired) electrons. The topological polar surface area (TPSA) is 123 Å². The molecule has 30 heavy (non-hydrogen) atoms. The fraction of sp³-hybridized carbons (Fsp3) is 0.250. The quantitative estimate of drug-likeness (QED) is 0.536. The van der Waals surface area contributed by atoms with Crippen LogP contribution in [0.1, 0.15) is 18.9 Å². The number of hydrogen-bond acceptors (Lipinski definition) is 7. The maximum Gasteiger partial charge on any atom is 0.273 e. The third kappa shape index (κ3) is 5.35. The highest BCUT2D eigenvalue weighted by atomic mass is 32.2. The minimum absolute atomic E-state index is 0.0135. The monoisotopic (exact) mass is 428 g/mol. The largest absolute Gasteiger partial charge is 0.491 e. The predicted octanol–water partition coefficient (Wildman–Crippen LogP) is 3.55. The molecule has 156 valence electrons. The van der Waals surface area contributed by atoms with Crippen molar-refractivity contribution in [3.05, 3.63) is 58.1 Å². The lowest BCUT2D eigenvalue weighted by atomic mass is 10.2. The van der Waals surface area contributed by atoms with Crippen LogP contribution in [0.5, 0.6) is 5.75 Å². The van der Waals surface area contributed by atoms with E-state index in [2.05, 4.69) is 15.6 Å². The second-order valence-electron chi connectivity index (χ2n) is 6.47. The van der Waals surface area contributed by atoms with E-state index in [1.165, 1.54) is 18.2 Å². The van der Waals surface area contributed by atoms with E-state index in [0.717, 1.165) is 17.3 Å². The van der Waals surface area contributed by atoms with Crippen LogP contribution in [-0.4, -0.2) is 33.8 Å². The van der Waals surface area contributed by atoms with Crippen molar-refractivity contribution in [2.24, 2.45) is 4.99 Å². The van der Waals surface area contributed by atoms with E-state index in [0.29, 0.717) is 16.5 Å². The van der Waals surface area contributed by atoms with Gasteiger partial charge in [0.25, 0.3) is 5.69 Å². The van der Waals surface area contributed by atoms with Crippen molar-refractivity contribution in [2.75, 3.05) is 11.9 Å². The number of ether oxygens (including phenoxy) is 1. The summed E-state index contributed by atoms with van der Waals surface area (Å²) in [6.07, 6.45) is -0.0135. The molecule has 2 aromatic rings. The molecule has 0 unspecified atom stereocenters. The van der Waals surface area contributed by atoms with Gasteiger partial charge in [-0.05, 0) is 32.0 Å². The van der Waals surface area contributed by atoms with Gasteiger partial charge < -0.3 is 15.4 Å². The lowest BCUT2D eigenvalue weighted by molar-refractivity contribution is -0.384. The van der Waals surface area contributed by atoms with Gasteiger partial charge in [-0.15, -0.1) is 0 Å². The van der Waals surface area contributed by atoms with E-state index >= 15 is 0 Å². The molecule has 10 heteroatoms. The molecule has 0 aromatic heterocycles. The van der Waals surface area contributed by atoms with Crippen LogP contribution in [0.25, 0.3) is 0 Å². The van der Waals surface area contributed by atoms with Crippen molar-refractivity contribution >= 4 is 45.8 Å². The zero-order valence-electron chi connectivity index (χ0n) is 16.4. The molecule has 1 saturated heterocycles. The first-order valence-corrected chi connectivity index (χ1v) is 10.1. The number of anilines is 1. The van der Waals surface area contributed by atoms with E-state index in [4.69, 9.17) is 4.74 Å². The lowest BCUT2D eigenvalue weighted by Gasteiger charge is -2.22. The lowest BCUT2D eigenvalue weighted by Crippen LogP contribution is -2.41. The van der Waals surface area contributed by atoms with Crippen LogP contribution < -0.4 is 15.4 Å². The van der Waals surface area contributed by atoms with Gasteiger partial charge >= 0.3 is 0 Å². The Morgan fingerprint density at radius 1 is 1.33 bits per heavy atom. The van der Waals surface area contributed by atoms with Crippen LogP contribution in [0.4, 0.5) is 17.1 Å². The Kier molecular flexibility index (Phi) is 6.68. The van der Waals surface area contributed by atoms with Gasteiger partial charge in [0, 0.05) is 12.5 Å². The first-order chi connectivity index (χ1) is 14.4. The molecule has 0 bridgehead atoms.